The zero-order valence-electron chi connectivity index (χ0n) is 17.9. The van der Waals surface area contributed by atoms with Crippen LogP contribution in [0.2, 0.25) is 0 Å². The van der Waals surface area contributed by atoms with E-state index >= 15 is 0 Å². The molecule has 0 aliphatic heterocycles. The third-order valence-electron chi connectivity index (χ3n) is 4.50. The highest BCUT2D eigenvalue weighted by atomic mass is 16.5. The maximum Gasteiger partial charge on any atom is 0.250 e. The number of nitrogens with one attached hydrogen (secondary N) is 1. The highest BCUT2D eigenvalue weighted by Gasteiger charge is 2.20. The van der Waals surface area contributed by atoms with E-state index in [9.17, 15) is 9.59 Å². The Morgan fingerprint density at radius 2 is 1.72 bits per heavy atom. The Morgan fingerprint density at radius 1 is 1.03 bits per heavy atom. The van der Waals surface area contributed by atoms with Crippen LogP contribution in [0.1, 0.15) is 25.0 Å². The van der Waals surface area contributed by atoms with Crippen molar-refractivity contribution in [3.8, 4) is 0 Å². The SMILES string of the molecule is COCC(=O)Nc1ccc(N(C)C)c(CN(Cc2ccccc2)C(=O)C(C)C)c1. The summed E-state index contributed by atoms with van der Waals surface area (Å²) in [5.74, 6) is -0.228. The number of hydrogen-bond donors (Lipinski definition) is 1. The van der Waals surface area contributed by atoms with Crippen LogP contribution >= 0.6 is 0 Å². The lowest BCUT2D eigenvalue weighted by molar-refractivity contribution is -0.135. The number of hydrogen-bond acceptors (Lipinski definition) is 4. The topological polar surface area (TPSA) is 61.9 Å². The van der Waals surface area contributed by atoms with Crippen LogP contribution in [-0.2, 0) is 27.4 Å². The molecule has 0 radical (unpaired) electrons. The van der Waals surface area contributed by atoms with Gasteiger partial charge in [-0.1, -0.05) is 44.2 Å². The second-order valence-corrected chi connectivity index (χ2v) is 7.55. The Kier molecular flexibility index (Phi) is 8.21. The van der Waals surface area contributed by atoms with Crippen molar-refractivity contribution < 1.29 is 14.3 Å². The second kappa shape index (κ2) is 10.6. The number of carbonyl (C=O) groups is 2. The van der Waals surface area contributed by atoms with Crippen molar-refractivity contribution in [3.63, 3.8) is 0 Å². The number of nitrogens with zero attached hydrogens (tertiary/aromatic N) is 2. The number of methoxy groups -OCH3 is 1. The molecule has 29 heavy (non-hydrogen) atoms. The Morgan fingerprint density at radius 3 is 2.31 bits per heavy atom. The minimum atomic E-state index is -0.213. The quantitative estimate of drug-likeness (QED) is 0.703. The largest absolute Gasteiger partial charge is 0.377 e. The zero-order chi connectivity index (χ0) is 21.4. The molecular formula is C23H31N3O3. The first-order chi connectivity index (χ1) is 13.8. The van der Waals surface area contributed by atoms with Gasteiger partial charge in [0.1, 0.15) is 6.61 Å². The summed E-state index contributed by atoms with van der Waals surface area (Å²) < 4.78 is 4.88. The van der Waals surface area contributed by atoms with Gasteiger partial charge in [-0.15, -0.1) is 0 Å². The van der Waals surface area contributed by atoms with E-state index in [1.54, 1.807) is 0 Å². The summed E-state index contributed by atoms with van der Waals surface area (Å²) in [6.45, 7) is 4.80. The van der Waals surface area contributed by atoms with Crippen molar-refractivity contribution in [2.75, 3.05) is 38.0 Å². The number of amides is 2. The third-order valence-corrected chi connectivity index (χ3v) is 4.50. The maximum absolute atomic E-state index is 12.9. The molecule has 0 aromatic heterocycles. The summed E-state index contributed by atoms with van der Waals surface area (Å²) in [5, 5.41) is 2.84. The van der Waals surface area contributed by atoms with Gasteiger partial charge in [-0.3, -0.25) is 9.59 Å². The molecule has 2 amide bonds. The van der Waals surface area contributed by atoms with E-state index in [-0.39, 0.29) is 24.3 Å². The average Bonchev–Trinajstić information content (AvgIpc) is 2.67. The highest BCUT2D eigenvalue weighted by Crippen LogP contribution is 2.26. The van der Waals surface area contributed by atoms with E-state index in [1.165, 1.54) is 7.11 Å². The predicted molar refractivity (Wildman–Crippen MR) is 117 cm³/mol. The highest BCUT2D eigenvalue weighted by molar-refractivity contribution is 5.92. The van der Waals surface area contributed by atoms with E-state index in [2.05, 4.69) is 5.32 Å². The van der Waals surface area contributed by atoms with Gasteiger partial charge in [-0.05, 0) is 29.3 Å². The molecule has 0 fully saturated rings. The van der Waals surface area contributed by atoms with E-state index in [0.717, 1.165) is 16.8 Å². The standard InChI is InChI=1S/C23H31N3O3/c1-17(2)23(28)26(14-18-9-7-6-8-10-18)15-19-13-20(24-22(27)16-29-5)11-12-21(19)25(3)4/h6-13,17H,14-16H2,1-5H3,(H,24,27). The molecule has 0 unspecified atom stereocenters. The van der Waals surface area contributed by atoms with Crippen LogP contribution in [0.3, 0.4) is 0 Å². The first-order valence-electron chi connectivity index (χ1n) is 9.73. The zero-order valence-corrected chi connectivity index (χ0v) is 17.9. The lowest BCUT2D eigenvalue weighted by Crippen LogP contribution is -2.34. The van der Waals surface area contributed by atoms with Crippen LogP contribution in [0.4, 0.5) is 11.4 Å². The smallest absolute Gasteiger partial charge is 0.250 e. The molecule has 6 nitrogen and oxygen atoms in total. The minimum Gasteiger partial charge on any atom is -0.377 e. The first-order valence-corrected chi connectivity index (χ1v) is 9.73. The van der Waals surface area contributed by atoms with Crippen LogP contribution in [0.25, 0.3) is 0 Å². The first kappa shape index (κ1) is 22.4. The van der Waals surface area contributed by atoms with Gasteiger partial charge >= 0.3 is 0 Å². The van der Waals surface area contributed by atoms with Gasteiger partial charge in [0.2, 0.25) is 11.8 Å². The molecule has 156 valence electrons. The Bertz CT molecular complexity index is 819. The van der Waals surface area contributed by atoms with E-state index in [1.807, 2.05) is 86.3 Å². The molecule has 0 aliphatic rings. The summed E-state index contributed by atoms with van der Waals surface area (Å²) in [7, 11) is 5.42. The molecule has 0 aliphatic carbocycles. The lowest BCUT2D eigenvalue weighted by atomic mass is 10.1. The van der Waals surface area contributed by atoms with Crippen LogP contribution in [0.5, 0.6) is 0 Å². The van der Waals surface area contributed by atoms with Gasteiger partial charge in [0.15, 0.2) is 0 Å². The van der Waals surface area contributed by atoms with Gasteiger partial charge in [-0.2, -0.15) is 0 Å². The number of benzene rings is 2. The van der Waals surface area contributed by atoms with Crippen molar-refractivity contribution in [2.24, 2.45) is 5.92 Å². The Hall–Kier alpha value is -2.86. The number of ether oxygens (including phenoxy) is 1. The van der Waals surface area contributed by atoms with Crippen LogP contribution < -0.4 is 10.2 Å². The summed E-state index contributed by atoms with van der Waals surface area (Å²) in [6.07, 6.45) is 0. The molecule has 2 aromatic carbocycles. The molecule has 0 heterocycles. The van der Waals surface area contributed by atoms with Crippen molar-refractivity contribution >= 4 is 23.2 Å². The molecule has 2 rings (SSSR count). The second-order valence-electron chi connectivity index (χ2n) is 7.55. The van der Waals surface area contributed by atoms with E-state index in [0.29, 0.717) is 18.8 Å². The van der Waals surface area contributed by atoms with Crippen molar-refractivity contribution in [1.82, 2.24) is 4.90 Å². The van der Waals surface area contributed by atoms with Crippen molar-refractivity contribution in [2.45, 2.75) is 26.9 Å². The van der Waals surface area contributed by atoms with E-state index in [4.69, 9.17) is 4.74 Å². The fraction of sp³-hybridized carbons (Fsp3) is 0.391. The molecule has 0 saturated heterocycles. The molecule has 0 spiro atoms. The molecule has 0 saturated carbocycles. The van der Waals surface area contributed by atoms with Gasteiger partial charge < -0.3 is 19.9 Å². The van der Waals surface area contributed by atoms with Gasteiger partial charge in [0.25, 0.3) is 0 Å². The average molecular weight is 398 g/mol. The molecule has 0 bridgehead atoms. The summed E-state index contributed by atoms with van der Waals surface area (Å²) in [6, 6.07) is 15.7. The minimum absolute atomic E-state index is 0.00324. The normalized spacial score (nSPS) is 10.7. The monoisotopic (exact) mass is 397 g/mol. The third kappa shape index (κ3) is 6.61. The number of carbonyl (C=O) groups excluding carboxylic acids is 2. The fourth-order valence-electron chi connectivity index (χ4n) is 3.14. The lowest BCUT2D eigenvalue weighted by Gasteiger charge is -2.28. The van der Waals surface area contributed by atoms with Gasteiger partial charge in [0.05, 0.1) is 0 Å². The van der Waals surface area contributed by atoms with Crippen molar-refractivity contribution in [3.05, 3.63) is 59.7 Å². The molecule has 1 N–H and O–H groups in total. The molecule has 6 heteroatoms. The maximum atomic E-state index is 12.9. The summed E-state index contributed by atoms with van der Waals surface area (Å²) in [5.41, 5.74) is 3.74. The molecule has 0 atom stereocenters. The van der Waals surface area contributed by atoms with Gasteiger partial charge in [0, 0.05) is 51.6 Å². The molecule has 2 aromatic rings. The fourth-order valence-corrected chi connectivity index (χ4v) is 3.14. The van der Waals surface area contributed by atoms with E-state index < -0.39 is 0 Å². The van der Waals surface area contributed by atoms with Gasteiger partial charge in [-0.25, -0.2) is 0 Å². The predicted octanol–water partition coefficient (Wildman–Crippen LogP) is 3.52. The summed E-state index contributed by atoms with van der Waals surface area (Å²) >= 11 is 0. The van der Waals surface area contributed by atoms with Crippen LogP contribution in [0.15, 0.2) is 48.5 Å². The Balaban J connectivity index is 2.33. The number of anilines is 2. The van der Waals surface area contributed by atoms with Crippen LogP contribution in [-0.4, -0.2) is 44.5 Å². The summed E-state index contributed by atoms with van der Waals surface area (Å²) in [4.78, 5) is 28.7. The molecular weight excluding hydrogens is 366 g/mol. The Labute approximate surface area is 173 Å². The number of rotatable bonds is 9. The van der Waals surface area contributed by atoms with Crippen LogP contribution in [0, 0.1) is 5.92 Å². The van der Waals surface area contributed by atoms with Crippen molar-refractivity contribution in [1.29, 1.82) is 0 Å².